The van der Waals surface area contributed by atoms with Gasteiger partial charge in [0.25, 0.3) is 5.91 Å². The van der Waals surface area contributed by atoms with E-state index in [9.17, 15) is 14.4 Å². The van der Waals surface area contributed by atoms with Gasteiger partial charge in [0.1, 0.15) is 5.75 Å². The van der Waals surface area contributed by atoms with Crippen molar-refractivity contribution in [1.82, 2.24) is 4.98 Å². The molecule has 1 aromatic heterocycles. The van der Waals surface area contributed by atoms with Crippen LogP contribution >= 0.6 is 0 Å². The lowest BCUT2D eigenvalue weighted by Crippen LogP contribution is -2.32. The number of nitrogens with zero attached hydrogens (tertiary/aromatic N) is 2. The summed E-state index contributed by atoms with van der Waals surface area (Å²) in [5.41, 5.74) is 2.13. The standard InChI is InChI=1S/C25H26N2O6/c1-31-23(28)11-17-10-16-4-5-18(12-20(16)24(17)29)27-9-8-21(25(27)30)33-19-6-7-22(26-13-19)32-14-15-2-3-15/h4-7,12-13,15,17,21H,2-3,8-11,14H2,1H3. The van der Waals surface area contributed by atoms with Crippen LogP contribution in [0.1, 0.15) is 41.6 Å². The number of ketones is 1. The van der Waals surface area contributed by atoms with Crippen LogP contribution in [0, 0.1) is 11.8 Å². The molecule has 1 aromatic carbocycles. The summed E-state index contributed by atoms with van der Waals surface area (Å²) >= 11 is 0. The van der Waals surface area contributed by atoms with Crippen LogP contribution in [0.2, 0.25) is 0 Å². The van der Waals surface area contributed by atoms with E-state index in [2.05, 4.69) is 4.98 Å². The van der Waals surface area contributed by atoms with Gasteiger partial charge in [-0.05, 0) is 48.9 Å². The lowest BCUT2D eigenvalue weighted by atomic mass is 10.0. The van der Waals surface area contributed by atoms with Crippen molar-refractivity contribution in [2.75, 3.05) is 25.2 Å². The van der Waals surface area contributed by atoms with Crippen molar-refractivity contribution >= 4 is 23.3 Å². The monoisotopic (exact) mass is 450 g/mol. The predicted molar refractivity (Wildman–Crippen MR) is 118 cm³/mol. The lowest BCUT2D eigenvalue weighted by Gasteiger charge is -2.18. The van der Waals surface area contributed by atoms with Gasteiger partial charge in [0.05, 0.1) is 26.3 Å². The Morgan fingerprint density at radius 3 is 2.73 bits per heavy atom. The van der Waals surface area contributed by atoms with Crippen LogP contribution in [-0.2, 0) is 20.7 Å². The van der Waals surface area contributed by atoms with Crippen LogP contribution in [0.3, 0.4) is 0 Å². The van der Waals surface area contributed by atoms with Gasteiger partial charge in [-0.1, -0.05) is 6.07 Å². The van der Waals surface area contributed by atoms with Crippen molar-refractivity contribution in [3.63, 3.8) is 0 Å². The largest absolute Gasteiger partial charge is 0.479 e. The third-order valence-corrected chi connectivity index (χ3v) is 6.46. The van der Waals surface area contributed by atoms with E-state index in [1.54, 1.807) is 29.3 Å². The van der Waals surface area contributed by atoms with Crippen molar-refractivity contribution in [3.8, 4) is 11.6 Å². The Bertz CT molecular complexity index is 1080. The average molecular weight is 450 g/mol. The number of amides is 1. The maximum atomic E-state index is 13.0. The number of esters is 1. The summed E-state index contributed by atoms with van der Waals surface area (Å²) in [5.74, 6) is 0.695. The van der Waals surface area contributed by atoms with Gasteiger partial charge in [-0.3, -0.25) is 14.4 Å². The average Bonchev–Trinajstić information content (AvgIpc) is 3.53. The number of aromatic nitrogens is 1. The Labute approximate surface area is 191 Å². The van der Waals surface area contributed by atoms with Gasteiger partial charge in [-0.2, -0.15) is 0 Å². The molecule has 1 saturated heterocycles. The number of anilines is 1. The molecule has 33 heavy (non-hydrogen) atoms. The molecule has 172 valence electrons. The zero-order valence-electron chi connectivity index (χ0n) is 18.5. The fourth-order valence-corrected chi connectivity index (χ4v) is 4.36. The molecule has 2 heterocycles. The van der Waals surface area contributed by atoms with Crippen LogP contribution in [-0.4, -0.2) is 49.0 Å². The highest BCUT2D eigenvalue weighted by atomic mass is 16.5. The number of rotatable bonds is 8. The minimum absolute atomic E-state index is 0.0658. The van der Waals surface area contributed by atoms with E-state index in [4.69, 9.17) is 14.2 Å². The van der Waals surface area contributed by atoms with Crippen LogP contribution in [0.25, 0.3) is 0 Å². The molecule has 8 nitrogen and oxygen atoms in total. The summed E-state index contributed by atoms with van der Waals surface area (Å²) in [6.45, 7) is 1.19. The van der Waals surface area contributed by atoms with Crippen LogP contribution < -0.4 is 14.4 Å². The van der Waals surface area contributed by atoms with Crippen molar-refractivity contribution in [1.29, 1.82) is 0 Å². The Balaban J connectivity index is 1.22. The van der Waals surface area contributed by atoms with E-state index in [1.165, 1.54) is 20.0 Å². The molecule has 1 amide bonds. The lowest BCUT2D eigenvalue weighted by molar-refractivity contribution is -0.141. The zero-order chi connectivity index (χ0) is 22.9. The SMILES string of the molecule is COC(=O)CC1Cc2ccc(N3CCC(Oc4ccc(OCC5CC5)nc4)C3=O)cc2C1=O. The molecule has 8 heteroatoms. The first kappa shape index (κ1) is 21.4. The number of benzene rings is 1. The number of carbonyl (C=O) groups is 3. The number of hydrogen-bond acceptors (Lipinski definition) is 7. The molecule has 0 radical (unpaired) electrons. The molecule has 1 saturated carbocycles. The second-order valence-corrected chi connectivity index (χ2v) is 8.86. The normalized spacial score (nSPS) is 21.8. The Morgan fingerprint density at radius 2 is 2.00 bits per heavy atom. The van der Waals surface area contributed by atoms with E-state index in [1.807, 2.05) is 12.1 Å². The topological polar surface area (TPSA) is 95.0 Å². The molecular weight excluding hydrogens is 424 g/mol. The number of fused-ring (bicyclic) bond motifs is 1. The van der Waals surface area contributed by atoms with E-state index in [-0.39, 0.29) is 18.1 Å². The van der Waals surface area contributed by atoms with Gasteiger partial charge in [-0.25, -0.2) is 4.98 Å². The predicted octanol–water partition coefficient (Wildman–Crippen LogP) is 2.97. The highest BCUT2D eigenvalue weighted by Gasteiger charge is 2.37. The van der Waals surface area contributed by atoms with E-state index >= 15 is 0 Å². The molecule has 0 bridgehead atoms. The van der Waals surface area contributed by atoms with Crippen molar-refractivity contribution in [2.45, 2.75) is 38.2 Å². The number of methoxy groups -OCH3 is 1. The van der Waals surface area contributed by atoms with Crippen LogP contribution in [0.5, 0.6) is 11.6 Å². The van der Waals surface area contributed by atoms with E-state index in [0.29, 0.717) is 54.8 Å². The highest BCUT2D eigenvalue weighted by Crippen LogP contribution is 2.34. The summed E-state index contributed by atoms with van der Waals surface area (Å²) in [7, 11) is 1.32. The van der Waals surface area contributed by atoms with Crippen molar-refractivity contribution < 1.29 is 28.6 Å². The number of pyridine rings is 1. The molecule has 2 aliphatic carbocycles. The molecular formula is C25H26N2O6. The molecule has 1 aliphatic heterocycles. The number of Topliss-reactive ketones (excluding diaryl/α,β-unsaturated/α-hetero) is 1. The van der Waals surface area contributed by atoms with Gasteiger partial charge in [0.2, 0.25) is 5.88 Å². The van der Waals surface area contributed by atoms with Gasteiger partial charge in [0, 0.05) is 36.2 Å². The smallest absolute Gasteiger partial charge is 0.306 e. The summed E-state index contributed by atoms with van der Waals surface area (Å²) in [4.78, 5) is 43.3. The minimum Gasteiger partial charge on any atom is -0.479 e. The molecule has 5 rings (SSSR count). The zero-order valence-corrected chi connectivity index (χ0v) is 18.5. The summed E-state index contributed by atoms with van der Waals surface area (Å²) < 4.78 is 16.2. The number of ether oxygens (including phenoxy) is 3. The van der Waals surface area contributed by atoms with Gasteiger partial charge >= 0.3 is 5.97 Å². The van der Waals surface area contributed by atoms with Gasteiger partial charge < -0.3 is 19.1 Å². The third kappa shape index (κ3) is 4.55. The maximum absolute atomic E-state index is 13.0. The molecule has 0 spiro atoms. The summed E-state index contributed by atoms with van der Waals surface area (Å²) in [6, 6.07) is 8.99. The summed E-state index contributed by atoms with van der Waals surface area (Å²) in [5, 5.41) is 0. The molecule has 2 fully saturated rings. The first-order valence-electron chi connectivity index (χ1n) is 11.3. The van der Waals surface area contributed by atoms with Gasteiger partial charge in [0.15, 0.2) is 11.9 Å². The van der Waals surface area contributed by atoms with Crippen molar-refractivity contribution in [2.24, 2.45) is 11.8 Å². The summed E-state index contributed by atoms with van der Waals surface area (Å²) in [6.07, 6.45) is 4.51. The quantitative estimate of drug-likeness (QED) is 0.571. The second-order valence-electron chi connectivity index (χ2n) is 8.86. The van der Waals surface area contributed by atoms with Gasteiger partial charge in [-0.15, -0.1) is 0 Å². The molecule has 2 atom stereocenters. The number of hydrogen-bond donors (Lipinski definition) is 0. The first-order valence-corrected chi connectivity index (χ1v) is 11.3. The van der Waals surface area contributed by atoms with Crippen LogP contribution in [0.15, 0.2) is 36.5 Å². The van der Waals surface area contributed by atoms with Crippen molar-refractivity contribution in [3.05, 3.63) is 47.7 Å². The Kier molecular flexibility index (Phi) is 5.74. The minimum atomic E-state index is -0.610. The Hall–Kier alpha value is -3.42. The van der Waals surface area contributed by atoms with E-state index < -0.39 is 18.0 Å². The maximum Gasteiger partial charge on any atom is 0.306 e. The first-order chi connectivity index (χ1) is 16.0. The third-order valence-electron chi connectivity index (χ3n) is 6.46. The second kappa shape index (κ2) is 8.84. The van der Waals surface area contributed by atoms with Crippen LogP contribution in [0.4, 0.5) is 5.69 Å². The fraction of sp³-hybridized carbons (Fsp3) is 0.440. The van der Waals surface area contributed by atoms with E-state index in [0.717, 1.165) is 5.56 Å². The molecule has 2 unspecified atom stereocenters. The number of carbonyl (C=O) groups excluding carboxylic acids is 3. The molecule has 0 N–H and O–H groups in total. The molecule has 3 aliphatic rings. The fourth-order valence-electron chi connectivity index (χ4n) is 4.36. The Morgan fingerprint density at radius 1 is 1.15 bits per heavy atom. The highest BCUT2D eigenvalue weighted by molar-refractivity contribution is 6.06. The molecule has 2 aromatic rings.